The van der Waals surface area contributed by atoms with Crippen LogP contribution in [0.3, 0.4) is 0 Å². The number of ether oxygens (including phenoxy) is 1. The van der Waals surface area contributed by atoms with Crippen molar-refractivity contribution in [3.05, 3.63) is 42.2 Å². The number of morpholine rings is 1. The summed E-state index contributed by atoms with van der Waals surface area (Å²) in [6.45, 7) is 3.80. The first-order chi connectivity index (χ1) is 13.0. The van der Waals surface area contributed by atoms with E-state index in [0.717, 1.165) is 0 Å². The van der Waals surface area contributed by atoms with Crippen molar-refractivity contribution >= 4 is 11.8 Å². The number of amides is 2. The number of hydrogen-bond acceptors (Lipinski definition) is 5. The van der Waals surface area contributed by atoms with E-state index >= 15 is 0 Å². The second kappa shape index (κ2) is 8.77. The molecule has 144 valence electrons. The first kappa shape index (κ1) is 19.0. The predicted octanol–water partition coefficient (Wildman–Crippen LogP) is 1.78. The zero-order valence-electron chi connectivity index (χ0n) is 15.1. The van der Waals surface area contributed by atoms with E-state index in [1.165, 1.54) is 12.1 Å². The summed E-state index contributed by atoms with van der Waals surface area (Å²) >= 11 is 0. The molecule has 1 atom stereocenters. The lowest BCUT2D eigenvalue weighted by molar-refractivity contribution is -0.139. The lowest BCUT2D eigenvalue weighted by Crippen LogP contribution is -2.50. The molecule has 1 fully saturated rings. The van der Waals surface area contributed by atoms with Crippen LogP contribution >= 0.6 is 0 Å². The van der Waals surface area contributed by atoms with Crippen molar-refractivity contribution in [3.63, 3.8) is 0 Å². The van der Waals surface area contributed by atoms with Crippen LogP contribution in [-0.4, -0.2) is 54.0 Å². The molecule has 1 aromatic carbocycles. The highest BCUT2D eigenvalue weighted by molar-refractivity contribution is 5.87. The summed E-state index contributed by atoms with van der Waals surface area (Å²) in [6, 6.07) is 5.31. The Morgan fingerprint density at radius 2 is 1.96 bits per heavy atom. The molecule has 3 rings (SSSR count). The minimum atomic E-state index is -0.588. The summed E-state index contributed by atoms with van der Waals surface area (Å²) in [4.78, 5) is 30.2. The fourth-order valence-electron chi connectivity index (χ4n) is 2.83. The monoisotopic (exact) mass is 375 g/mol. The molecule has 0 spiro atoms. The number of nitrogens with one attached hydrogen (secondary N) is 1. The van der Waals surface area contributed by atoms with Crippen molar-refractivity contribution in [2.45, 2.75) is 25.8 Å². The summed E-state index contributed by atoms with van der Waals surface area (Å²) in [7, 11) is 0. The van der Waals surface area contributed by atoms with Gasteiger partial charge >= 0.3 is 0 Å². The fourth-order valence-corrected chi connectivity index (χ4v) is 2.83. The van der Waals surface area contributed by atoms with Gasteiger partial charge in [-0.1, -0.05) is 0 Å². The van der Waals surface area contributed by atoms with Crippen molar-refractivity contribution in [2.75, 3.05) is 26.3 Å². The first-order valence-electron chi connectivity index (χ1n) is 8.89. The Bertz CT molecular complexity index is 785. The molecule has 7 nitrogen and oxygen atoms in total. The highest BCUT2D eigenvalue weighted by atomic mass is 19.1. The van der Waals surface area contributed by atoms with Gasteiger partial charge in [-0.05, 0) is 31.2 Å². The Labute approximate surface area is 156 Å². The van der Waals surface area contributed by atoms with Crippen LogP contribution in [0.25, 0.3) is 11.3 Å². The Kier molecular flexibility index (Phi) is 6.18. The van der Waals surface area contributed by atoms with Crippen LogP contribution in [0.5, 0.6) is 0 Å². The second-order valence-corrected chi connectivity index (χ2v) is 6.35. The van der Waals surface area contributed by atoms with Gasteiger partial charge in [-0.2, -0.15) is 0 Å². The summed E-state index contributed by atoms with van der Waals surface area (Å²) in [5.74, 6) is 0.251. The molecule has 0 aliphatic carbocycles. The number of carbonyl (C=O) groups excluding carboxylic acids is 2. The maximum absolute atomic E-state index is 13.0. The second-order valence-electron chi connectivity index (χ2n) is 6.35. The van der Waals surface area contributed by atoms with Gasteiger partial charge in [-0.15, -0.1) is 0 Å². The number of carbonyl (C=O) groups is 2. The van der Waals surface area contributed by atoms with Crippen LogP contribution in [0, 0.1) is 5.82 Å². The molecule has 0 radical (unpaired) electrons. The molecular weight excluding hydrogens is 353 g/mol. The van der Waals surface area contributed by atoms with E-state index in [1.807, 2.05) is 0 Å². The molecule has 2 amide bonds. The third-order valence-electron chi connectivity index (χ3n) is 4.32. The van der Waals surface area contributed by atoms with Gasteiger partial charge in [0.1, 0.15) is 11.9 Å². The molecule has 1 aromatic heterocycles. The van der Waals surface area contributed by atoms with Gasteiger partial charge in [-0.25, -0.2) is 9.37 Å². The van der Waals surface area contributed by atoms with Crippen molar-refractivity contribution in [3.8, 4) is 11.3 Å². The minimum absolute atomic E-state index is 0.110. The minimum Gasteiger partial charge on any atom is -0.441 e. The molecular formula is C19H22FN3O4. The third-order valence-corrected chi connectivity index (χ3v) is 4.32. The van der Waals surface area contributed by atoms with Crippen molar-refractivity contribution in [1.82, 2.24) is 15.2 Å². The van der Waals surface area contributed by atoms with Gasteiger partial charge in [0.15, 0.2) is 11.7 Å². The highest BCUT2D eigenvalue weighted by Gasteiger charge is 2.23. The number of benzene rings is 1. The summed E-state index contributed by atoms with van der Waals surface area (Å²) in [5, 5.41) is 2.71. The predicted molar refractivity (Wildman–Crippen MR) is 95.2 cm³/mol. The van der Waals surface area contributed by atoms with E-state index < -0.39 is 6.04 Å². The summed E-state index contributed by atoms with van der Waals surface area (Å²) in [5.41, 5.74) is 0.712. The van der Waals surface area contributed by atoms with Crippen LogP contribution in [-0.2, 0) is 20.7 Å². The van der Waals surface area contributed by atoms with E-state index in [2.05, 4.69) is 10.3 Å². The highest BCUT2D eigenvalue weighted by Crippen LogP contribution is 2.21. The third kappa shape index (κ3) is 5.13. The van der Waals surface area contributed by atoms with Crippen LogP contribution in [0.1, 0.15) is 19.2 Å². The Morgan fingerprint density at radius 3 is 2.67 bits per heavy atom. The lowest BCUT2D eigenvalue weighted by atomic mass is 10.2. The smallest absolute Gasteiger partial charge is 0.245 e. The largest absolute Gasteiger partial charge is 0.441 e. The average molecular weight is 375 g/mol. The molecule has 1 aliphatic heterocycles. The van der Waals surface area contributed by atoms with E-state index in [1.54, 1.807) is 30.2 Å². The molecule has 0 saturated carbocycles. The Balaban J connectivity index is 1.47. The number of nitrogens with zero attached hydrogens (tertiary/aromatic N) is 2. The van der Waals surface area contributed by atoms with Gasteiger partial charge in [0.05, 0.1) is 19.4 Å². The fraction of sp³-hybridized carbons (Fsp3) is 0.421. The standard InChI is InChI=1S/C19H22FN3O4/c1-13(19(25)23-8-10-26-11-9-23)22-17(24)6-7-18-21-12-16(27-18)14-2-4-15(20)5-3-14/h2-5,12-13H,6-11H2,1H3,(H,22,24). The number of halogens is 1. The molecule has 1 unspecified atom stereocenters. The number of aromatic nitrogens is 1. The van der Waals surface area contributed by atoms with Crippen LogP contribution in [0.2, 0.25) is 0 Å². The van der Waals surface area contributed by atoms with E-state index in [9.17, 15) is 14.0 Å². The lowest BCUT2D eigenvalue weighted by Gasteiger charge is -2.29. The van der Waals surface area contributed by atoms with Crippen LogP contribution in [0.15, 0.2) is 34.9 Å². The molecule has 1 N–H and O–H groups in total. The number of hydrogen-bond donors (Lipinski definition) is 1. The van der Waals surface area contributed by atoms with E-state index in [-0.39, 0.29) is 24.1 Å². The summed E-state index contributed by atoms with van der Waals surface area (Å²) in [6.07, 6.45) is 2.01. The molecule has 1 aliphatic rings. The zero-order valence-corrected chi connectivity index (χ0v) is 15.1. The molecule has 27 heavy (non-hydrogen) atoms. The van der Waals surface area contributed by atoms with Crippen molar-refractivity contribution in [2.24, 2.45) is 0 Å². The molecule has 0 bridgehead atoms. The van der Waals surface area contributed by atoms with Gasteiger partial charge in [0.25, 0.3) is 0 Å². The quantitative estimate of drug-likeness (QED) is 0.832. The topological polar surface area (TPSA) is 84.7 Å². The number of aryl methyl sites for hydroxylation is 1. The normalized spacial score (nSPS) is 15.4. The van der Waals surface area contributed by atoms with Gasteiger partial charge in [-0.3, -0.25) is 9.59 Å². The molecule has 2 heterocycles. The van der Waals surface area contributed by atoms with Crippen molar-refractivity contribution < 1.29 is 23.1 Å². The maximum atomic E-state index is 13.0. The SMILES string of the molecule is CC(NC(=O)CCc1ncc(-c2ccc(F)cc2)o1)C(=O)N1CCOCC1. The summed E-state index contributed by atoms with van der Waals surface area (Å²) < 4.78 is 23.8. The molecule has 8 heteroatoms. The Hall–Kier alpha value is -2.74. The number of rotatable bonds is 6. The van der Waals surface area contributed by atoms with Crippen LogP contribution in [0.4, 0.5) is 4.39 Å². The van der Waals surface area contributed by atoms with Gasteiger partial charge < -0.3 is 19.4 Å². The van der Waals surface area contributed by atoms with E-state index in [0.29, 0.717) is 49.9 Å². The number of oxazole rings is 1. The average Bonchev–Trinajstić information content (AvgIpc) is 3.16. The van der Waals surface area contributed by atoms with E-state index in [4.69, 9.17) is 9.15 Å². The maximum Gasteiger partial charge on any atom is 0.245 e. The van der Waals surface area contributed by atoms with Crippen molar-refractivity contribution in [1.29, 1.82) is 0 Å². The Morgan fingerprint density at radius 1 is 1.26 bits per heavy atom. The van der Waals surface area contributed by atoms with Crippen LogP contribution < -0.4 is 5.32 Å². The molecule has 1 saturated heterocycles. The molecule has 2 aromatic rings. The van der Waals surface area contributed by atoms with Gasteiger partial charge in [0.2, 0.25) is 11.8 Å². The first-order valence-corrected chi connectivity index (χ1v) is 8.89. The zero-order chi connectivity index (χ0) is 19.2. The van der Waals surface area contributed by atoms with Gasteiger partial charge in [0, 0.05) is 31.5 Å².